The molecule has 0 saturated heterocycles. The zero-order chi connectivity index (χ0) is 17.4. The Bertz CT molecular complexity index is 729. The van der Waals surface area contributed by atoms with Crippen molar-refractivity contribution in [3.05, 3.63) is 53.0 Å². The fraction of sp³-hybridized carbons (Fsp3) is 0.222. The van der Waals surface area contributed by atoms with E-state index in [4.69, 9.17) is 10.00 Å². The molecule has 0 N–H and O–H groups in total. The number of anilines is 1. The number of nitrogens with zero attached hydrogens (tertiary/aromatic N) is 2. The molecular formula is C18H17BrN2O2S. The number of methoxy groups -OCH3 is 1. The lowest BCUT2D eigenvalue weighted by Crippen LogP contribution is -2.33. The fourth-order valence-electron chi connectivity index (χ4n) is 2.15. The minimum absolute atomic E-state index is 0.0531. The standard InChI is InChI=1S/C18H17BrN2O2S/c1-23-17-6-3-2-5-16(17)21(12-4-11-20)18(22)13-24-15-9-7-14(19)8-10-15/h2-3,5-10H,4,12-13H2,1H3. The molecule has 0 aliphatic carbocycles. The second-order valence-corrected chi connectivity index (χ2v) is 6.83. The van der Waals surface area contributed by atoms with Crippen LogP contribution in [0.1, 0.15) is 6.42 Å². The summed E-state index contributed by atoms with van der Waals surface area (Å²) in [6.07, 6.45) is 0.271. The summed E-state index contributed by atoms with van der Waals surface area (Å²) in [4.78, 5) is 15.3. The normalized spacial score (nSPS) is 10.0. The average Bonchev–Trinajstić information content (AvgIpc) is 2.62. The summed E-state index contributed by atoms with van der Waals surface area (Å²) in [5.41, 5.74) is 0.691. The molecule has 24 heavy (non-hydrogen) atoms. The molecule has 0 spiro atoms. The van der Waals surface area contributed by atoms with E-state index in [2.05, 4.69) is 22.0 Å². The zero-order valence-electron chi connectivity index (χ0n) is 13.2. The number of ether oxygens (including phenoxy) is 1. The van der Waals surface area contributed by atoms with Gasteiger partial charge in [-0.25, -0.2) is 0 Å². The predicted molar refractivity (Wildman–Crippen MR) is 100 cm³/mol. The van der Waals surface area contributed by atoms with Crippen molar-refractivity contribution >= 4 is 39.3 Å². The number of hydrogen-bond acceptors (Lipinski definition) is 4. The molecule has 0 bridgehead atoms. The average molecular weight is 405 g/mol. The van der Waals surface area contributed by atoms with Crippen LogP contribution < -0.4 is 9.64 Å². The highest BCUT2D eigenvalue weighted by molar-refractivity contribution is 9.10. The van der Waals surface area contributed by atoms with Gasteiger partial charge in [-0.15, -0.1) is 11.8 Å². The third kappa shape index (κ3) is 5.02. The molecule has 0 unspecified atom stereocenters. The number of thioether (sulfide) groups is 1. The summed E-state index contributed by atoms with van der Waals surface area (Å²) in [5, 5.41) is 8.88. The molecule has 124 valence electrons. The van der Waals surface area contributed by atoms with Gasteiger partial charge in [-0.05, 0) is 36.4 Å². The van der Waals surface area contributed by atoms with Crippen molar-refractivity contribution in [3.8, 4) is 11.8 Å². The van der Waals surface area contributed by atoms with Gasteiger partial charge in [0, 0.05) is 15.9 Å². The molecule has 0 saturated carbocycles. The van der Waals surface area contributed by atoms with E-state index in [1.54, 1.807) is 12.0 Å². The van der Waals surface area contributed by atoms with Crippen molar-refractivity contribution in [1.29, 1.82) is 5.26 Å². The van der Waals surface area contributed by atoms with E-state index < -0.39 is 0 Å². The number of para-hydroxylation sites is 2. The van der Waals surface area contributed by atoms with Crippen molar-refractivity contribution in [2.75, 3.05) is 24.3 Å². The van der Waals surface area contributed by atoms with Gasteiger partial charge in [-0.2, -0.15) is 5.26 Å². The van der Waals surface area contributed by atoms with Crippen molar-refractivity contribution in [2.45, 2.75) is 11.3 Å². The summed E-state index contributed by atoms with van der Waals surface area (Å²) in [5.74, 6) is 0.866. The number of hydrogen-bond donors (Lipinski definition) is 0. The second kappa shape index (κ2) is 9.36. The summed E-state index contributed by atoms with van der Waals surface area (Å²) < 4.78 is 6.35. The Kier molecular flexibility index (Phi) is 7.16. The monoisotopic (exact) mass is 404 g/mol. The minimum Gasteiger partial charge on any atom is -0.495 e. The molecule has 0 heterocycles. The van der Waals surface area contributed by atoms with Crippen LogP contribution in [-0.2, 0) is 4.79 Å². The molecule has 2 aromatic carbocycles. The van der Waals surface area contributed by atoms with Crippen LogP contribution in [0, 0.1) is 11.3 Å². The van der Waals surface area contributed by atoms with E-state index in [1.807, 2.05) is 48.5 Å². The molecule has 2 rings (SSSR count). The predicted octanol–water partition coefficient (Wildman–Crippen LogP) is 4.50. The van der Waals surface area contributed by atoms with Crippen LogP contribution in [0.2, 0.25) is 0 Å². The number of amides is 1. The molecule has 6 heteroatoms. The summed E-state index contributed by atoms with van der Waals surface area (Å²) in [6.45, 7) is 0.344. The van der Waals surface area contributed by atoms with Gasteiger partial charge in [-0.1, -0.05) is 28.1 Å². The zero-order valence-corrected chi connectivity index (χ0v) is 15.6. The van der Waals surface area contributed by atoms with Gasteiger partial charge in [0.25, 0.3) is 0 Å². The molecule has 0 atom stereocenters. The Morgan fingerprint density at radius 1 is 1.25 bits per heavy atom. The number of halogens is 1. The van der Waals surface area contributed by atoms with Gasteiger partial charge in [0.15, 0.2) is 0 Å². The molecule has 0 aliphatic rings. The third-order valence-corrected chi connectivity index (χ3v) is 4.83. The van der Waals surface area contributed by atoms with Crippen LogP contribution in [0.4, 0.5) is 5.69 Å². The maximum atomic E-state index is 12.7. The van der Waals surface area contributed by atoms with E-state index in [9.17, 15) is 4.79 Å². The van der Waals surface area contributed by atoms with Crippen molar-refractivity contribution in [2.24, 2.45) is 0 Å². The lowest BCUT2D eigenvalue weighted by molar-refractivity contribution is -0.116. The number of nitriles is 1. The Balaban J connectivity index is 2.13. The molecule has 0 fully saturated rings. The minimum atomic E-state index is -0.0531. The molecule has 1 amide bonds. The Hall–Kier alpha value is -1.97. The first kappa shape index (κ1) is 18.4. The Morgan fingerprint density at radius 3 is 2.62 bits per heavy atom. The van der Waals surface area contributed by atoms with Crippen molar-refractivity contribution in [1.82, 2.24) is 0 Å². The van der Waals surface area contributed by atoms with Crippen molar-refractivity contribution < 1.29 is 9.53 Å². The summed E-state index contributed by atoms with van der Waals surface area (Å²) in [7, 11) is 1.57. The largest absolute Gasteiger partial charge is 0.495 e. The topological polar surface area (TPSA) is 53.3 Å². The van der Waals surface area contributed by atoms with Gasteiger partial charge in [0.2, 0.25) is 5.91 Å². The van der Waals surface area contributed by atoms with Gasteiger partial charge < -0.3 is 9.64 Å². The van der Waals surface area contributed by atoms with Gasteiger partial charge >= 0.3 is 0 Å². The smallest absolute Gasteiger partial charge is 0.237 e. The maximum Gasteiger partial charge on any atom is 0.237 e. The molecular weight excluding hydrogens is 388 g/mol. The van der Waals surface area contributed by atoms with E-state index in [0.29, 0.717) is 23.7 Å². The van der Waals surface area contributed by atoms with Crippen molar-refractivity contribution in [3.63, 3.8) is 0 Å². The van der Waals surface area contributed by atoms with E-state index in [0.717, 1.165) is 9.37 Å². The molecule has 2 aromatic rings. The fourth-order valence-corrected chi connectivity index (χ4v) is 3.19. The highest BCUT2D eigenvalue weighted by Gasteiger charge is 2.19. The summed E-state index contributed by atoms with van der Waals surface area (Å²) >= 11 is 4.87. The van der Waals surface area contributed by atoms with Crippen LogP contribution in [0.3, 0.4) is 0 Å². The molecule has 4 nitrogen and oxygen atoms in total. The van der Waals surface area contributed by atoms with E-state index >= 15 is 0 Å². The molecule has 0 radical (unpaired) electrons. The van der Waals surface area contributed by atoms with Gasteiger partial charge in [0.1, 0.15) is 5.75 Å². The van der Waals surface area contributed by atoms with Gasteiger partial charge in [-0.3, -0.25) is 4.79 Å². The molecule has 0 aliphatic heterocycles. The first-order chi connectivity index (χ1) is 11.7. The quantitative estimate of drug-likeness (QED) is 0.637. The van der Waals surface area contributed by atoms with Crippen LogP contribution in [0.5, 0.6) is 5.75 Å². The third-order valence-electron chi connectivity index (χ3n) is 3.30. The first-order valence-corrected chi connectivity index (χ1v) is 9.12. The Morgan fingerprint density at radius 2 is 1.96 bits per heavy atom. The maximum absolute atomic E-state index is 12.7. The number of benzene rings is 2. The highest BCUT2D eigenvalue weighted by atomic mass is 79.9. The molecule has 0 aromatic heterocycles. The Labute approximate surface area is 154 Å². The van der Waals surface area contributed by atoms with Crippen LogP contribution in [0.25, 0.3) is 0 Å². The lowest BCUT2D eigenvalue weighted by atomic mass is 10.2. The lowest BCUT2D eigenvalue weighted by Gasteiger charge is -2.23. The number of rotatable bonds is 7. The van der Waals surface area contributed by atoms with E-state index in [-0.39, 0.29) is 12.3 Å². The SMILES string of the molecule is COc1ccccc1N(CCC#N)C(=O)CSc1ccc(Br)cc1. The first-order valence-electron chi connectivity index (χ1n) is 7.34. The summed E-state index contributed by atoms with van der Waals surface area (Å²) in [6, 6.07) is 17.3. The van der Waals surface area contributed by atoms with Crippen LogP contribution >= 0.6 is 27.7 Å². The van der Waals surface area contributed by atoms with Crippen LogP contribution in [-0.4, -0.2) is 25.3 Å². The van der Waals surface area contributed by atoms with E-state index in [1.165, 1.54) is 11.8 Å². The number of carbonyl (C=O) groups is 1. The second-order valence-electron chi connectivity index (χ2n) is 4.87. The van der Waals surface area contributed by atoms with Gasteiger partial charge in [0.05, 0.1) is 31.0 Å². The highest BCUT2D eigenvalue weighted by Crippen LogP contribution is 2.29. The van der Waals surface area contributed by atoms with Crippen LogP contribution in [0.15, 0.2) is 57.9 Å². The number of carbonyl (C=O) groups excluding carboxylic acids is 1.